The number of halogens is 1. The number of nitrogens with zero attached hydrogens (tertiary/aromatic N) is 1. The third kappa shape index (κ3) is 2.27. The minimum Gasteiger partial charge on any atom is -1.00 e. The number of benzene rings is 2. The lowest BCUT2D eigenvalue weighted by atomic mass is 10.1. The minimum absolute atomic E-state index is 0. The van der Waals surface area contributed by atoms with Crippen LogP contribution in [-0.4, -0.2) is 0 Å². The van der Waals surface area contributed by atoms with Crippen molar-refractivity contribution in [1.82, 2.24) is 0 Å². The monoisotopic (exact) mass is 314 g/mol. The molecule has 0 saturated heterocycles. The van der Waals surface area contributed by atoms with Crippen LogP contribution in [0.2, 0.25) is 0 Å². The fraction of sp³-hybridized carbons (Fsp3) is 0.118. The maximum Gasteiger partial charge on any atom is 0.214 e. The van der Waals surface area contributed by atoms with Crippen LogP contribution in [0.15, 0.2) is 64.5 Å². The summed E-state index contributed by atoms with van der Waals surface area (Å²) >= 11 is 1.84. The third-order valence-corrected chi connectivity index (χ3v) is 4.81. The molecule has 0 atom stereocenters. The van der Waals surface area contributed by atoms with Crippen molar-refractivity contribution in [3.63, 3.8) is 0 Å². The number of fused-ring (bicyclic) bond motifs is 4. The number of nitrogens with one attached hydrogen (secondary N) is 1. The van der Waals surface area contributed by atoms with Gasteiger partial charge in [-0.25, -0.2) is 0 Å². The van der Waals surface area contributed by atoms with Crippen LogP contribution in [0.4, 0.5) is 11.4 Å². The Kier molecular flexibility index (Phi) is 3.79. The molecule has 0 unspecified atom stereocenters. The zero-order valence-corrected chi connectivity index (χ0v) is 13.2. The van der Waals surface area contributed by atoms with E-state index in [9.17, 15) is 0 Å². The van der Waals surface area contributed by atoms with Crippen LogP contribution in [0.25, 0.3) is 10.9 Å². The molecule has 2 nitrogen and oxygen atoms in total. The zero-order chi connectivity index (χ0) is 13.5. The highest BCUT2D eigenvalue weighted by atomic mass is 35.5. The molecule has 4 heteroatoms. The van der Waals surface area contributed by atoms with E-state index in [1.165, 1.54) is 32.1 Å². The summed E-state index contributed by atoms with van der Waals surface area (Å²) in [5.74, 6) is 0. The third-order valence-electron chi connectivity index (χ3n) is 3.71. The summed E-state index contributed by atoms with van der Waals surface area (Å²) in [5.41, 5.74) is 3.71. The molecule has 106 valence electrons. The Hall–Kier alpha value is -1.71. The maximum atomic E-state index is 3.60. The van der Waals surface area contributed by atoms with Crippen molar-refractivity contribution < 1.29 is 17.0 Å². The van der Waals surface area contributed by atoms with Crippen LogP contribution < -0.4 is 22.3 Å². The van der Waals surface area contributed by atoms with Crippen LogP contribution in [0.3, 0.4) is 0 Å². The summed E-state index contributed by atoms with van der Waals surface area (Å²) in [5, 5.41) is 4.89. The Balaban J connectivity index is 0.00000132. The number of para-hydroxylation sites is 2. The van der Waals surface area contributed by atoms with E-state index in [0.717, 1.165) is 6.54 Å². The molecule has 2 aromatic carbocycles. The second-order valence-electron chi connectivity index (χ2n) is 4.89. The normalized spacial score (nSPS) is 12.0. The van der Waals surface area contributed by atoms with Gasteiger partial charge in [-0.15, -0.1) is 0 Å². The van der Waals surface area contributed by atoms with Crippen LogP contribution in [0, 0.1) is 0 Å². The molecule has 0 aliphatic carbocycles. The van der Waals surface area contributed by atoms with E-state index in [1.54, 1.807) is 0 Å². The predicted molar refractivity (Wildman–Crippen MR) is 83.7 cm³/mol. The first-order valence-electron chi connectivity index (χ1n) is 6.86. The lowest BCUT2D eigenvalue weighted by molar-refractivity contribution is -0.669. The molecule has 0 bridgehead atoms. The number of rotatable bonds is 1. The topological polar surface area (TPSA) is 15.9 Å². The van der Waals surface area contributed by atoms with E-state index in [2.05, 4.69) is 71.5 Å². The summed E-state index contributed by atoms with van der Waals surface area (Å²) < 4.78 is 2.32. The van der Waals surface area contributed by atoms with Crippen molar-refractivity contribution in [2.24, 2.45) is 0 Å². The van der Waals surface area contributed by atoms with E-state index >= 15 is 0 Å². The molecule has 0 radical (unpaired) electrons. The average molecular weight is 315 g/mol. The summed E-state index contributed by atoms with van der Waals surface area (Å²) in [7, 11) is 0. The van der Waals surface area contributed by atoms with E-state index in [-0.39, 0.29) is 12.4 Å². The van der Waals surface area contributed by atoms with Crippen molar-refractivity contribution >= 4 is 34.0 Å². The Morgan fingerprint density at radius 3 is 2.62 bits per heavy atom. The molecule has 3 aromatic rings. The van der Waals surface area contributed by atoms with Crippen molar-refractivity contribution in [3.8, 4) is 0 Å². The minimum atomic E-state index is 0. The van der Waals surface area contributed by atoms with Crippen molar-refractivity contribution in [2.75, 3.05) is 5.32 Å². The fourth-order valence-electron chi connectivity index (χ4n) is 2.72. The average Bonchev–Trinajstić information content (AvgIpc) is 2.52. The number of aryl methyl sites for hydroxylation is 1. The molecule has 1 aromatic heterocycles. The van der Waals surface area contributed by atoms with Crippen LogP contribution >= 0.6 is 11.8 Å². The highest BCUT2D eigenvalue weighted by Crippen LogP contribution is 2.45. The molecule has 4 rings (SSSR count). The molecule has 21 heavy (non-hydrogen) atoms. The Morgan fingerprint density at radius 1 is 1.00 bits per heavy atom. The van der Waals surface area contributed by atoms with Crippen LogP contribution in [-0.2, 0) is 6.54 Å². The molecular weight excluding hydrogens is 300 g/mol. The van der Waals surface area contributed by atoms with E-state index in [4.69, 9.17) is 0 Å². The van der Waals surface area contributed by atoms with E-state index < -0.39 is 0 Å². The standard InChI is InChI=1S/C17H14N2S.ClH/c1-2-19-11-16-17(12-7-3-5-9-14(12)19)18-13-8-4-6-10-15(13)20-16;/h3-11H,2H2,1H3;1H. The van der Waals surface area contributed by atoms with Gasteiger partial charge in [0.1, 0.15) is 11.4 Å². The second-order valence-corrected chi connectivity index (χ2v) is 5.98. The maximum absolute atomic E-state index is 3.60. The molecule has 0 spiro atoms. The highest BCUT2D eigenvalue weighted by molar-refractivity contribution is 7.99. The summed E-state index contributed by atoms with van der Waals surface area (Å²) in [6, 6.07) is 17.1. The summed E-state index contributed by atoms with van der Waals surface area (Å²) in [6.07, 6.45) is 2.26. The van der Waals surface area contributed by atoms with Gasteiger partial charge in [-0.05, 0) is 25.1 Å². The molecule has 0 fully saturated rings. The van der Waals surface area contributed by atoms with Crippen LogP contribution in [0.5, 0.6) is 0 Å². The lowest BCUT2D eigenvalue weighted by Crippen LogP contribution is -3.00. The molecule has 0 saturated carbocycles. The van der Waals surface area contributed by atoms with Gasteiger partial charge >= 0.3 is 0 Å². The first-order valence-corrected chi connectivity index (χ1v) is 7.67. The predicted octanol–water partition coefficient (Wildman–Crippen LogP) is 1.36. The first-order chi connectivity index (χ1) is 9.86. The Labute approximate surface area is 134 Å². The zero-order valence-electron chi connectivity index (χ0n) is 11.6. The van der Waals surface area contributed by atoms with Gasteiger partial charge in [-0.3, -0.25) is 0 Å². The summed E-state index contributed by atoms with van der Waals surface area (Å²) in [6.45, 7) is 3.17. The summed E-state index contributed by atoms with van der Waals surface area (Å²) in [4.78, 5) is 2.59. The quantitative estimate of drug-likeness (QED) is 0.534. The molecular formula is C17H15ClN2S. The Bertz CT molecular complexity index is 817. The number of anilines is 2. The van der Waals surface area contributed by atoms with Gasteiger partial charge in [0.25, 0.3) is 0 Å². The van der Waals surface area contributed by atoms with Gasteiger partial charge < -0.3 is 17.7 Å². The molecule has 1 aliphatic heterocycles. The van der Waals surface area contributed by atoms with Gasteiger partial charge in [0.05, 0.1) is 16.8 Å². The Morgan fingerprint density at radius 2 is 1.76 bits per heavy atom. The van der Waals surface area contributed by atoms with E-state index in [0.29, 0.717) is 0 Å². The van der Waals surface area contributed by atoms with Crippen molar-refractivity contribution in [2.45, 2.75) is 23.3 Å². The van der Waals surface area contributed by atoms with Gasteiger partial charge in [-0.2, -0.15) is 4.57 Å². The largest absolute Gasteiger partial charge is 1.00 e. The van der Waals surface area contributed by atoms with Crippen LogP contribution in [0.1, 0.15) is 6.92 Å². The number of aromatic nitrogens is 1. The number of hydrogen-bond donors (Lipinski definition) is 1. The lowest BCUT2D eigenvalue weighted by Gasteiger charge is -2.21. The van der Waals surface area contributed by atoms with Crippen molar-refractivity contribution in [1.29, 1.82) is 0 Å². The highest BCUT2D eigenvalue weighted by Gasteiger charge is 2.22. The van der Waals surface area contributed by atoms with Gasteiger partial charge in [0.15, 0.2) is 6.20 Å². The molecule has 2 heterocycles. The molecule has 1 N–H and O–H groups in total. The van der Waals surface area contributed by atoms with E-state index in [1.807, 2.05) is 11.8 Å². The fourth-order valence-corrected chi connectivity index (χ4v) is 3.78. The molecule has 0 amide bonds. The first kappa shape index (κ1) is 14.2. The number of pyridine rings is 1. The number of hydrogen-bond acceptors (Lipinski definition) is 2. The van der Waals surface area contributed by atoms with Gasteiger partial charge in [0, 0.05) is 11.0 Å². The van der Waals surface area contributed by atoms with Gasteiger partial charge in [-0.1, -0.05) is 36.0 Å². The molecule has 1 aliphatic rings. The SMILES string of the molecule is CC[n+]1cc2c(c3ccccc31)Nc1ccccc1S2.[Cl-]. The smallest absolute Gasteiger partial charge is 0.214 e. The van der Waals surface area contributed by atoms with Gasteiger partial charge in [0.2, 0.25) is 5.52 Å². The van der Waals surface area contributed by atoms with Crippen molar-refractivity contribution in [3.05, 3.63) is 54.7 Å². The second kappa shape index (κ2) is 5.58.